The van der Waals surface area contributed by atoms with Crippen molar-refractivity contribution in [1.82, 2.24) is 10.2 Å². The normalized spacial score (nSPS) is 10.7. The van der Waals surface area contributed by atoms with Crippen LogP contribution in [0.15, 0.2) is 28.7 Å². The molecule has 0 saturated carbocycles. The Hall–Kier alpha value is -1.55. The van der Waals surface area contributed by atoms with Crippen molar-refractivity contribution >= 4 is 28.3 Å². The Balaban J connectivity index is 2.30. The first-order chi connectivity index (χ1) is 9.17. The largest absolute Gasteiger partial charge is 0.461 e. The Bertz CT molecular complexity index is 577. The maximum Gasteiger partial charge on any atom is 0.168 e. The minimum absolute atomic E-state index is 0.770. The molecule has 0 spiro atoms. The molecule has 0 aliphatic carbocycles. The molecule has 1 heterocycles. The average molecular weight is 276 g/mol. The van der Waals surface area contributed by atoms with Gasteiger partial charge in [0.1, 0.15) is 11.3 Å². The van der Waals surface area contributed by atoms with Gasteiger partial charge < -0.3 is 14.6 Å². The molecular formula is C15H20N2OS. The summed E-state index contributed by atoms with van der Waals surface area (Å²) in [7, 11) is 2.01. The van der Waals surface area contributed by atoms with Crippen LogP contribution in [0.3, 0.4) is 0 Å². The van der Waals surface area contributed by atoms with Crippen LogP contribution >= 0.6 is 12.2 Å². The Morgan fingerprint density at radius 3 is 2.74 bits per heavy atom. The predicted octanol–water partition coefficient (Wildman–Crippen LogP) is 3.32. The lowest BCUT2D eigenvalue weighted by Crippen LogP contribution is -2.36. The van der Waals surface area contributed by atoms with Gasteiger partial charge in [0.05, 0.1) is 0 Å². The van der Waals surface area contributed by atoms with Gasteiger partial charge in [0.2, 0.25) is 0 Å². The van der Waals surface area contributed by atoms with Crippen LogP contribution in [0.2, 0.25) is 0 Å². The Kier molecular flexibility index (Phi) is 4.43. The number of furan rings is 1. The molecular weight excluding hydrogens is 256 g/mol. The number of benzene rings is 1. The number of hydrogen-bond acceptors (Lipinski definition) is 2. The summed E-state index contributed by atoms with van der Waals surface area (Å²) in [5, 5.41) is 5.13. The van der Waals surface area contributed by atoms with Crippen molar-refractivity contribution in [1.29, 1.82) is 0 Å². The molecule has 1 aromatic heterocycles. The second kappa shape index (κ2) is 6.06. The molecule has 0 fully saturated rings. The van der Waals surface area contributed by atoms with E-state index in [1.807, 2.05) is 32.2 Å². The molecule has 4 heteroatoms. The highest BCUT2D eigenvalue weighted by Gasteiger charge is 2.15. The molecule has 2 aromatic rings. The van der Waals surface area contributed by atoms with Crippen molar-refractivity contribution in [3.05, 3.63) is 35.6 Å². The SMILES string of the molecule is CCNC(=S)N(C)Cc1c(CC)oc2ccccc12. The monoisotopic (exact) mass is 276 g/mol. The molecule has 0 bridgehead atoms. The van der Waals surface area contributed by atoms with E-state index >= 15 is 0 Å². The number of hydrogen-bond donors (Lipinski definition) is 1. The molecule has 102 valence electrons. The fourth-order valence-electron chi connectivity index (χ4n) is 2.20. The molecule has 0 saturated heterocycles. The molecule has 1 aromatic carbocycles. The van der Waals surface area contributed by atoms with Crippen molar-refractivity contribution < 1.29 is 4.42 Å². The predicted molar refractivity (Wildman–Crippen MR) is 83.3 cm³/mol. The Morgan fingerprint density at radius 2 is 2.05 bits per heavy atom. The van der Waals surface area contributed by atoms with E-state index in [9.17, 15) is 0 Å². The van der Waals surface area contributed by atoms with E-state index in [0.29, 0.717) is 0 Å². The zero-order valence-corrected chi connectivity index (χ0v) is 12.5. The quantitative estimate of drug-likeness (QED) is 0.867. The van der Waals surface area contributed by atoms with Gasteiger partial charge in [-0.2, -0.15) is 0 Å². The molecule has 19 heavy (non-hydrogen) atoms. The number of rotatable bonds is 4. The van der Waals surface area contributed by atoms with Crippen molar-refractivity contribution in [2.75, 3.05) is 13.6 Å². The first-order valence-electron chi connectivity index (χ1n) is 6.65. The van der Waals surface area contributed by atoms with Crippen LogP contribution in [-0.2, 0) is 13.0 Å². The number of thiocarbonyl (C=S) groups is 1. The maximum atomic E-state index is 5.90. The summed E-state index contributed by atoms with van der Waals surface area (Å²) < 4.78 is 5.90. The van der Waals surface area contributed by atoms with E-state index in [1.54, 1.807) is 0 Å². The number of aryl methyl sites for hydroxylation is 1. The van der Waals surface area contributed by atoms with Gasteiger partial charge in [-0.05, 0) is 25.2 Å². The smallest absolute Gasteiger partial charge is 0.168 e. The van der Waals surface area contributed by atoms with Crippen LogP contribution in [0.1, 0.15) is 25.2 Å². The molecule has 0 atom stereocenters. The summed E-state index contributed by atoms with van der Waals surface area (Å²) in [6.07, 6.45) is 0.895. The lowest BCUT2D eigenvalue weighted by Gasteiger charge is -2.20. The van der Waals surface area contributed by atoms with Crippen LogP contribution in [0.25, 0.3) is 11.0 Å². The zero-order valence-electron chi connectivity index (χ0n) is 11.7. The van der Waals surface area contributed by atoms with Gasteiger partial charge in [0, 0.05) is 37.5 Å². The van der Waals surface area contributed by atoms with Crippen molar-refractivity contribution in [2.45, 2.75) is 26.8 Å². The van der Waals surface area contributed by atoms with E-state index in [-0.39, 0.29) is 0 Å². The topological polar surface area (TPSA) is 28.4 Å². The van der Waals surface area contributed by atoms with Gasteiger partial charge in [-0.1, -0.05) is 25.1 Å². The second-order valence-corrected chi connectivity index (χ2v) is 4.93. The number of nitrogens with zero attached hydrogens (tertiary/aromatic N) is 1. The number of fused-ring (bicyclic) bond motifs is 1. The van der Waals surface area contributed by atoms with E-state index in [4.69, 9.17) is 16.6 Å². The molecule has 1 N–H and O–H groups in total. The highest BCUT2D eigenvalue weighted by atomic mass is 32.1. The van der Waals surface area contributed by atoms with E-state index < -0.39 is 0 Å². The van der Waals surface area contributed by atoms with Crippen LogP contribution in [0, 0.1) is 0 Å². The van der Waals surface area contributed by atoms with Crippen LogP contribution < -0.4 is 5.32 Å². The maximum absolute atomic E-state index is 5.90. The van der Waals surface area contributed by atoms with Crippen molar-refractivity contribution in [2.24, 2.45) is 0 Å². The fourth-order valence-corrected chi connectivity index (χ4v) is 2.41. The van der Waals surface area contributed by atoms with Crippen molar-refractivity contribution in [3.8, 4) is 0 Å². The van der Waals surface area contributed by atoms with Crippen LogP contribution in [0.5, 0.6) is 0 Å². The minimum Gasteiger partial charge on any atom is -0.461 e. The number of nitrogens with one attached hydrogen (secondary N) is 1. The van der Waals surface area contributed by atoms with Gasteiger partial charge in [-0.3, -0.25) is 0 Å². The third-order valence-electron chi connectivity index (χ3n) is 3.17. The standard InChI is InChI=1S/C15H20N2OS/c1-4-13-12(10-17(3)15(19)16-5-2)11-8-6-7-9-14(11)18-13/h6-9H,4-5,10H2,1-3H3,(H,16,19). The Labute approximate surface area is 119 Å². The van der Waals surface area contributed by atoms with E-state index in [1.165, 1.54) is 10.9 Å². The fraction of sp³-hybridized carbons (Fsp3) is 0.400. The first kappa shape index (κ1) is 13.9. The van der Waals surface area contributed by atoms with E-state index in [2.05, 4.69) is 23.2 Å². The Morgan fingerprint density at radius 1 is 1.32 bits per heavy atom. The van der Waals surface area contributed by atoms with Gasteiger partial charge in [-0.25, -0.2) is 0 Å². The summed E-state index contributed by atoms with van der Waals surface area (Å²) in [5.74, 6) is 1.05. The zero-order chi connectivity index (χ0) is 13.8. The summed E-state index contributed by atoms with van der Waals surface area (Å²) in [6.45, 7) is 5.77. The second-order valence-electron chi connectivity index (χ2n) is 4.55. The highest BCUT2D eigenvalue weighted by molar-refractivity contribution is 7.80. The minimum atomic E-state index is 0.770. The lowest BCUT2D eigenvalue weighted by atomic mass is 10.1. The summed E-state index contributed by atoms with van der Waals surface area (Å²) in [6, 6.07) is 8.17. The van der Waals surface area contributed by atoms with Crippen LogP contribution in [0.4, 0.5) is 0 Å². The molecule has 0 amide bonds. The summed E-state index contributed by atoms with van der Waals surface area (Å²) in [5.41, 5.74) is 2.19. The molecule has 3 nitrogen and oxygen atoms in total. The van der Waals surface area contributed by atoms with Gasteiger partial charge in [0.15, 0.2) is 5.11 Å². The summed E-state index contributed by atoms with van der Waals surface area (Å²) >= 11 is 5.34. The van der Waals surface area contributed by atoms with Gasteiger partial charge in [-0.15, -0.1) is 0 Å². The molecule has 0 aliphatic rings. The molecule has 2 rings (SSSR count). The summed E-state index contributed by atoms with van der Waals surface area (Å²) in [4.78, 5) is 2.05. The number of para-hydroxylation sites is 1. The molecule has 0 unspecified atom stereocenters. The average Bonchev–Trinajstić information content (AvgIpc) is 2.77. The highest BCUT2D eigenvalue weighted by Crippen LogP contribution is 2.27. The van der Waals surface area contributed by atoms with E-state index in [0.717, 1.165) is 36.0 Å². The third kappa shape index (κ3) is 2.89. The lowest BCUT2D eigenvalue weighted by molar-refractivity contribution is 0.475. The van der Waals surface area contributed by atoms with Gasteiger partial charge >= 0.3 is 0 Å². The molecule has 0 aliphatic heterocycles. The first-order valence-corrected chi connectivity index (χ1v) is 7.06. The van der Waals surface area contributed by atoms with Crippen molar-refractivity contribution in [3.63, 3.8) is 0 Å². The third-order valence-corrected chi connectivity index (χ3v) is 3.63. The van der Waals surface area contributed by atoms with Gasteiger partial charge in [0.25, 0.3) is 0 Å². The van der Waals surface area contributed by atoms with Crippen LogP contribution in [-0.4, -0.2) is 23.6 Å². The molecule has 0 radical (unpaired) electrons.